The molecule has 0 saturated heterocycles. The number of methoxy groups -OCH3 is 2. The molecular weight excluding hydrogens is 228 g/mol. The molecule has 0 N–H and O–H groups in total. The first kappa shape index (κ1) is 16.3. The van der Waals surface area contributed by atoms with E-state index < -0.39 is 6.10 Å². The summed E-state index contributed by atoms with van der Waals surface area (Å²) >= 11 is 0. The van der Waals surface area contributed by atoms with E-state index in [1.165, 1.54) is 7.11 Å². The highest BCUT2D eigenvalue weighted by Gasteiger charge is 2.12. The van der Waals surface area contributed by atoms with Crippen molar-refractivity contribution in [2.45, 2.75) is 13.0 Å². The summed E-state index contributed by atoms with van der Waals surface area (Å²) in [5, 5.41) is 0. The van der Waals surface area contributed by atoms with Gasteiger partial charge in [0, 0.05) is 7.11 Å². The molecule has 0 aliphatic carbocycles. The van der Waals surface area contributed by atoms with Crippen LogP contribution in [0.2, 0.25) is 0 Å². The highest BCUT2D eigenvalue weighted by atomic mass is 16.6. The van der Waals surface area contributed by atoms with Gasteiger partial charge in [0.05, 0.1) is 46.8 Å². The average molecular weight is 250 g/mol. The smallest absolute Gasteiger partial charge is 0.334 e. The number of esters is 1. The van der Waals surface area contributed by atoms with Gasteiger partial charge in [0.1, 0.15) is 0 Å². The van der Waals surface area contributed by atoms with Crippen LogP contribution in [-0.2, 0) is 28.5 Å². The minimum absolute atomic E-state index is 0.355. The Bertz CT molecular complexity index is 185. The van der Waals surface area contributed by atoms with Crippen LogP contribution in [0.25, 0.3) is 0 Å². The monoisotopic (exact) mass is 250 g/mol. The number of hydrogen-bond donors (Lipinski definition) is 0. The maximum Gasteiger partial charge on any atom is 0.334 e. The van der Waals surface area contributed by atoms with Gasteiger partial charge in [-0.15, -0.1) is 0 Å². The Kier molecular flexibility index (Phi) is 11.3. The van der Waals surface area contributed by atoms with Crippen LogP contribution in [0.5, 0.6) is 0 Å². The van der Waals surface area contributed by atoms with Crippen molar-refractivity contribution in [1.29, 1.82) is 0 Å². The first-order valence-electron chi connectivity index (χ1n) is 5.56. The van der Waals surface area contributed by atoms with Crippen LogP contribution in [0.15, 0.2) is 0 Å². The van der Waals surface area contributed by atoms with E-state index in [9.17, 15) is 4.79 Å². The molecule has 17 heavy (non-hydrogen) atoms. The molecule has 0 saturated carbocycles. The largest absolute Gasteiger partial charge is 0.467 e. The molecule has 6 heteroatoms. The van der Waals surface area contributed by atoms with Gasteiger partial charge >= 0.3 is 5.97 Å². The molecule has 0 fully saturated rings. The maximum atomic E-state index is 11.0. The van der Waals surface area contributed by atoms with E-state index in [1.54, 1.807) is 14.0 Å². The first-order valence-corrected chi connectivity index (χ1v) is 5.56. The van der Waals surface area contributed by atoms with Crippen LogP contribution >= 0.6 is 0 Å². The molecule has 0 rings (SSSR count). The van der Waals surface area contributed by atoms with Crippen molar-refractivity contribution >= 4 is 5.97 Å². The summed E-state index contributed by atoms with van der Waals surface area (Å²) in [4.78, 5) is 11.0. The molecule has 0 aliphatic heterocycles. The van der Waals surface area contributed by atoms with Crippen molar-refractivity contribution in [3.8, 4) is 0 Å². The molecule has 6 nitrogen and oxygen atoms in total. The molecule has 0 heterocycles. The third-order valence-electron chi connectivity index (χ3n) is 1.93. The Morgan fingerprint density at radius 3 is 2.00 bits per heavy atom. The van der Waals surface area contributed by atoms with Gasteiger partial charge in [0.2, 0.25) is 0 Å². The molecule has 0 aromatic carbocycles. The highest BCUT2D eigenvalue weighted by molar-refractivity contribution is 5.73. The van der Waals surface area contributed by atoms with Crippen molar-refractivity contribution in [1.82, 2.24) is 0 Å². The fraction of sp³-hybridized carbons (Fsp3) is 0.909. The second-order valence-electron chi connectivity index (χ2n) is 3.25. The van der Waals surface area contributed by atoms with Gasteiger partial charge in [0.25, 0.3) is 0 Å². The first-order chi connectivity index (χ1) is 8.22. The highest BCUT2D eigenvalue weighted by Crippen LogP contribution is 1.93. The lowest BCUT2D eigenvalue weighted by Crippen LogP contribution is -2.24. The predicted octanol–water partition coefficient (Wildman–Crippen LogP) is 0.244. The summed E-state index contributed by atoms with van der Waals surface area (Å²) in [7, 11) is 2.95. The summed E-state index contributed by atoms with van der Waals surface area (Å²) in [6.07, 6.45) is -0.554. The predicted molar refractivity (Wildman–Crippen MR) is 60.9 cm³/mol. The van der Waals surface area contributed by atoms with E-state index in [2.05, 4.69) is 4.74 Å². The minimum atomic E-state index is -0.554. The van der Waals surface area contributed by atoms with Crippen LogP contribution in [0.1, 0.15) is 6.92 Å². The normalized spacial score (nSPS) is 12.4. The van der Waals surface area contributed by atoms with Gasteiger partial charge in [-0.2, -0.15) is 0 Å². The molecule has 0 aromatic rings. The molecule has 0 aliphatic rings. The van der Waals surface area contributed by atoms with Crippen LogP contribution in [0.4, 0.5) is 0 Å². The van der Waals surface area contributed by atoms with Gasteiger partial charge in [-0.25, -0.2) is 4.79 Å². The fourth-order valence-corrected chi connectivity index (χ4v) is 0.982. The summed E-state index contributed by atoms with van der Waals surface area (Å²) in [5.74, 6) is -0.382. The standard InChI is InChI=1S/C11H22O6/c1-10(11(12)14-3)17-9-8-16-7-6-15-5-4-13-2/h10H,4-9H2,1-3H3/t10-/m0/s1. The van der Waals surface area contributed by atoms with E-state index >= 15 is 0 Å². The Labute approximate surface area is 102 Å². The Hall–Kier alpha value is -0.690. The molecule has 0 radical (unpaired) electrons. The zero-order valence-corrected chi connectivity index (χ0v) is 10.8. The van der Waals surface area contributed by atoms with Crippen LogP contribution in [-0.4, -0.2) is 65.9 Å². The van der Waals surface area contributed by atoms with Crippen molar-refractivity contribution in [3.63, 3.8) is 0 Å². The Morgan fingerprint density at radius 1 is 0.941 bits per heavy atom. The van der Waals surface area contributed by atoms with E-state index in [0.29, 0.717) is 39.6 Å². The van der Waals surface area contributed by atoms with Gasteiger partial charge in [0.15, 0.2) is 6.10 Å². The third-order valence-corrected chi connectivity index (χ3v) is 1.93. The number of rotatable bonds is 11. The summed E-state index contributed by atoms with van der Waals surface area (Å²) < 4.78 is 24.9. The molecule has 0 bridgehead atoms. The minimum Gasteiger partial charge on any atom is -0.467 e. The summed E-state index contributed by atoms with van der Waals surface area (Å²) in [6, 6.07) is 0. The topological polar surface area (TPSA) is 63.2 Å². The third kappa shape index (κ3) is 10.2. The van der Waals surface area contributed by atoms with Crippen molar-refractivity contribution in [2.75, 3.05) is 53.9 Å². The Balaban J connectivity index is 3.15. The van der Waals surface area contributed by atoms with Gasteiger partial charge < -0.3 is 23.7 Å². The lowest BCUT2D eigenvalue weighted by Gasteiger charge is -2.10. The molecule has 1 atom stereocenters. The lowest BCUT2D eigenvalue weighted by atomic mass is 10.4. The van der Waals surface area contributed by atoms with Gasteiger partial charge in [-0.05, 0) is 6.92 Å². The molecule has 0 unspecified atom stereocenters. The summed E-state index contributed by atoms with van der Waals surface area (Å²) in [6.45, 7) is 4.59. The number of carbonyl (C=O) groups excluding carboxylic acids is 1. The van der Waals surface area contributed by atoms with E-state index in [4.69, 9.17) is 18.9 Å². The molecule has 0 amide bonds. The van der Waals surface area contributed by atoms with Gasteiger partial charge in [-0.1, -0.05) is 0 Å². The Morgan fingerprint density at radius 2 is 1.47 bits per heavy atom. The van der Waals surface area contributed by atoms with E-state index in [0.717, 1.165) is 0 Å². The number of ether oxygens (including phenoxy) is 5. The molecule has 102 valence electrons. The summed E-state index contributed by atoms with van der Waals surface area (Å²) in [5.41, 5.74) is 0. The van der Waals surface area contributed by atoms with E-state index in [1.807, 2.05) is 0 Å². The number of hydrogen-bond acceptors (Lipinski definition) is 6. The van der Waals surface area contributed by atoms with Crippen LogP contribution in [0, 0.1) is 0 Å². The lowest BCUT2D eigenvalue weighted by molar-refractivity contribution is -0.153. The molecule has 0 aromatic heterocycles. The van der Waals surface area contributed by atoms with Crippen molar-refractivity contribution in [3.05, 3.63) is 0 Å². The second-order valence-corrected chi connectivity index (χ2v) is 3.25. The second kappa shape index (κ2) is 11.8. The zero-order valence-electron chi connectivity index (χ0n) is 10.8. The van der Waals surface area contributed by atoms with E-state index in [-0.39, 0.29) is 5.97 Å². The SMILES string of the molecule is COCCOCCOCCO[C@@H](C)C(=O)OC. The van der Waals surface area contributed by atoms with Crippen LogP contribution in [0.3, 0.4) is 0 Å². The molecule has 0 spiro atoms. The van der Waals surface area contributed by atoms with Crippen molar-refractivity contribution < 1.29 is 28.5 Å². The van der Waals surface area contributed by atoms with Crippen molar-refractivity contribution in [2.24, 2.45) is 0 Å². The average Bonchev–Trinajstić information content (AvgIpc) is 2.35. The quantitative estimate of drug-likeness (QED) is 0.387. The fourth-order valence-electron chi connectivity index (χ4n) is 0.982. The van der Waals surface area contributed by atoms with Crippen LogP contribution < -0.4 is 0 Å². The number of carbonyl (C=O) groups is 1. The van der Waals surface area contributed by atoms with Gasteiger partial charge in [-0.3, -0.25) is 0 Å². The maximum absolute atomic E-state index is 11.0. The molecular formula is C11H22O6. The zero-order chi connectivity index (χ0) is 12.9.